The molecule has 1 aliphatic rings. The molecule has 0 aliphatic carbocycles. The molecule has 0 radical (unpaired) electrons. The summed E-state index contributed by atoms with van der Waals surface area (Å²) in [5.74, 6) is -0.258. The van der Waals surface area contributed by atoms with Gasteiger partial charge in [0.15, 0.2) is 0 Å². The number of hydrogen-bond donors (Lipinski definition) is 1. The van der Waals surface area contributed by atoms with E-state index >= 15 is 0 Å². The van der Waals surface area contributed by atoms with Gasteiger partial charge < -0.3 is 4.90 Å². The molecule has 0 atom stereocenters. The van der Waals surface area contributed by atoms with E-state index in [2.05, 4.69) is 0 Å². The molecule has 1 heterocycles. The molecule has 130 valence electrons. The highest BCUT2D eigenvalue weighted by atomic mass is 32.2. The first-order valence-corrected chi connectivity index (χ1v) is 9.52. The number of hydrogen-bond acceptors (Lipinski definition) is 3. The summed E-state index contributed by atoms with van der Waals surface area (Å²) >= 11 is 0. The van der Waals surface area contributed by atoms with E-state index in [0.29, 0.717) is 32.7 Å². The third kappa shape index (κ3) is 3.87. The summed E-state index contributed by atoms with van der Waals surface area (Å²) in [6.45, 7) is 2.72. The van der Waals surface area contributed by atoms with Gasteiger partial charge in [-0.1, -0.05) is 24.3 Å². The van der Waals surface area contributed by atoms with Gasteiger partial charge >= 0.3 is 0 Å². The van der Waals surface area contributed by atoms with Crippen molar-refractivity contribution in [3.63, 3.8) is 0 Å². The Balaban J connectivity index is 1.68. The predicted molar refractivity (Wildman–Crippen MR) is 90.7 cm³/mol. The third-order valence-corrected chi connectivity index (χ3v) is 6.35. The fourth-order valence-corrected chi connectivity index (χ4v) is 4.66. The number of rotatable bonds is 4. The highest BCUT2D eigenvalue weighted by Gasteiger charge is 2.31. The third-order valence-electron chi connectivity index (χ3n) is 4.40. The average Bonchev–Trinajstić information content (AvgIpc) is 2.62. The largest absolute Gasteiger partial charge is 0.329 e. The zero-order valence-corrected chi connectivity index (χ0v) is 14.5. The van der Waals surface area contributed by atoms with Gasteiger partial charge in [-0.15, -0.1) is 0 Å². The zero-order valence-electron chi connectivity index (χ0n) is 13.7. The van der Waals surface area contributed by atoms with E-state index in [4.69, 9.17) is 5.26 Å². The van der Waals surface area contributed by atoms with E-state index < -0.39 is 10.0 Å². The quantitative estimate of drug-likeness (QED) is 0.877. The maximum Gasteiger partial charge on any atom is 0.244 e. The monoisotopic (exact) mass is 360 g/mol. The summed E-state index contributed by atoms with van der Waals surface area (Å²) in [4.78, 5) is 1.27. The molecule has 0 aromatic heterocycles. The lowest BCUT2D eigenvalue weighted by Gasteiger charge is -2.31. The number of nitrogens with zero attached hydrogens (tertiary/aromatic N) is 2. The van der Waals surface area contributed by atoms with Crippen LogP contribution in [0.3, 0.4) is 0 Å². The van der Waals surface area contributed by atoms with E-state index in [1.54, 1.807) is 18.2 Å². The van der Waals surface area contributed by atoms with E-state index in [1.807, 2.05) is 12.1 Å². The van der Waals surface area contributed by atoms with Crippen LogP contribution in [0.25, 0.3) is 0 Å². The van der Waals surface area contributed by atoms with E-state index in [9.17, 15) is 12.8 Å². The van der Waals surface area contributed by atoms with Crippen LogP contribution in [0.4, 0.5) is 4.39 Å². The molecule has 0 unspecified atom stereocenters. The number of sulfonamides is 1. The molecule has 2 aromatic carbocycles. The number of nitriles is 1. The van der Waals surface area contributed by atoms with Crippen molar-refractivity contribution in [1.82, 2.24) is 4.31 Å². The molecule has 0 bridgehead atoms. The second kappa shape index (κ2) is 7.31. The van der Waals surface area contributed by atoms with Crippen LogP contribution >= 0.6 is 0 Å². The molecular weight excluding hydrogens is 341 g/mol. The number of quaternary nitrogens is 1. The first-order chi connectivity index (χ1) is 12.0. The minimum Gasteiger partial charge on any atom is -0.329 e. The van der Waals surface area contributed by atoms with Gasteiger partial charge in [-0.3, -0.25) is 0 Å². The average molecular weight is 360 g/mol. The second-order valence-electron chi connectivity index (χ2n) is 6.07. The number of halogens is 1. The van der Waals surface area contributed by atoms with Crippen molar-refractivity contribution < 1.29 is 17.7 Å². The smallest absolute Gasteiger partial charge is 0.244 e. The minimum absolute atomic E-state index is 0.0612. The highest BCUT2D eigenvalue weighted by molar-refractivity contribution is 7.89. The Hall–Kier alpha value is -2.27. The summed E-state index contributed by atoms with van der Waals surface area (Å²) in [6, 6.07) is 14.7. The molecule has 1 fully saturated rings. The van der Waals surface area contributed by atoms with Crippen LogP contribution in [-0.4, -0.2) is 38.9 Å². The molecule has 3 rings (SSSR count). The zero-order chi connectivity index (χ0) is 17.9. The standard InChI is InChI=1S/C18H18FN3O2S/c19-17-6-3-4-15(12-17)14-21-8-10-22(11-9-21)25(23,24)18-7-2-1-5-16(18)13-20/h1-7,12H,8-11,14H2/p+1. The molecule has 5 nitrogen and oxygen atoms in total. The number of nitrogens with one attached hydrogen (secondary N) is 1. The van der Waals surface area contributed by atoms with E-state index in [1.165, 1.54) is 33.5 Å². The number of benzene rings is 2. The van der Waals surface area contributed by atoms with Crippen LogP contribution in [0.2, 0.25) is 0 Å². The summed E-state index contributed by atoms with van der Waals surface area (Å²) in [7, 11) is -3.67. The topological polar surface area (TPSA) is 65.6 Å². The predicted octanol–water partition coefficient (Wildman–Crippen LogP) is 0.787. The first-order valence-electron chi connectivity index (χ1n) is 8.08. The Morgan fingerprint density at radius 2 is 1.84 bits per heavy atom. The van der Waals surface area contributed by atoms with Crippen molar-refractivity contribution in [2.45, 2.75) is 11.4 Å². The van der Waals surface area contributed by atoms with Crippen molar-refractivity contribution in [3.8, 4) is 6.07 Å². The van der Waals surface area contributed by atoms with Crippen molar-refractivity contribution in [2.75, 3.05) is 26.2 Å². The van der Waals surface area contributed by atoms with Gasteiger partial charge in [-0.05, 0) is 24.3 Å². The molecule has 7 heteroatoms. The lowest BCUT2D eigenvalue weighted by molar-refractivity contribution is -0.917. The molecule has 1 aliphatic heterocycles. The van der Waals surface area contributed by atoms with Gasteiger partial charge in [-0.25, -0.2) is 12.8 Å². The Kier molecular flexibility index (Phi) is 5.13. The van der Waals surface area contributed by atoms with Gasteiger partial charge in [0.1, 0.15) is 18.4 Å². The minimum atomic E-state index is -3.67. The Morgan fingerprint density at radius 3 is 2.52 bits per heavy atom. The maximum absolute atomic E-state index is 13.3. The van der Waals surface area contributed by atoms with Crippen molar-refractivity contribution in [2.24, 2.45) is 0 Å². The summed E-state index contributed by atoms with van der Waals surface area (Å²) in [6.07, 6.45) is 0. The fraction of sp³-hybridized carbons (Fsp3) is 0.278. The lowest BCUT2D eigenvalue weighted by Crippen LogP contribution is -3.13. The van der Waals surface area contributed by atoms with Crippen LogP contribution in [-0.2, 0) is 16.6 Å². The van der Waals surface area contributed by atoms with Crippen LogP contribution in [0.5, 0.6) is 0 Å². The van der Waals surface area contributed by atoms with Crippen LogP contribution in [0.15, 0.2) is 53.4 Å². The Bertz CT molecular complexity index is 901. The van der Waals surface area contributed by atoms with Gasteiger partial charge in [0.05, 0.1) is 36.6 Å². The normalized spacial score (nSPS) is 16.5. The number of piperazine rings is 1. The van der Waals surface area contributed by atoms with Crippen molar-refractivity contribution in [1.29, 1.82) is 5.26 Å². The Labute approximate surface area is 147 Å². The van der Waals surface area contributed by atoms with Gasteiger partial charge in [-0.2, -0.15) is 9.57 Å². The van der Waals surface area contributed by atoms with Gasteiger partial charge in [0.25, 0.3) is 0 Å². The van der Waals surface area contributed by atoms with E-state index in [0.717, 1.165) is 5.56 Å². The van der Waals surface area contributed by atoms with Crippen molar-refractivity contribution in [3.05, 3.63) is 65.5 Å². The Morgan fingerprint density at radius 1 is 1.12 bits per heavy atom. The highest BCUT2D eigenvalue weighted by Crippen LogP contribution is 2.19. The molecule has 0 saturated carbocycles. The lowest BCUT2D eigenvalue weighted by atomic mass is 10.2. The summed E-state index contributed by atoms with van der Waals surface area (Å²) in [5.41, 5.74) is 1.07. The van der Waals surface area contributed by atoms with E-state index in [-0.39, 0.29) is 16.3 Å². The molecule has 2 aromatic rings. The van der Waals surface area contributed by atoms with Gasteiger partial charge in [0, 0.05) is 5.56 Å². The summed E-state index contributed by atoms with van der Waals surface area (Å²) < 4.78 is 40.3. The van der Waals surface area contributed by atoms with Crippen molar-refractivity contribution >= 4 is 10.0 Å². The molecule has 1 saturated heterocycles. The summed E-state index contributed by atoms with van der Waals surface area (Å²) in [5, 5.41) is 9.14. The van der Waals surface area contributed by atoms with Gasteiger partial charge in [0.2, 0.25) is 10.0 Å². The van der Waals surface area contributed by atoms with Crippen LogP contribution < -0.4 is 4.90 Å². The van der Waals surface area contributed by atoms with Crippen LogP contribution in [0.1, 0.15) is 11.1 Å². The molecule has 0 amide bonds. The first kappa shape index (κ1) is 17.5. The second-order valence-corrected chi connectivity index (χ2v) is 7.98. The van der Waals surface area contributed by atoms with Crippen LogP contribution in [0, 0.1) is 17.1 Å². The molecule has 0 spiro atoms. The fourth-order valence-electron chi connectivity index (χ4n) is 3.08. The molecule has 25 heavy (non-hydrogen) atoms. The maximum atomic E-state index is 13.3. The molecular formula is C18H19FN3O2S+. The molecule has 1 N–H and O–H groups in total. The SMILES string of the molecule is N#Cc1ccccc1S(=O)(=O)N1CC[NH+](Cc2cccc(F)c2)CC1.